The fourth-order valence-corrected chi connectivity index (χ4v) is 7.27. The Morgan fingerprint density at radius 3 is 2.10 bits per heavy atom. The van der Waals surface area contributed by atoms with Crippen molar-refractivity contribution in [2.24, 2.45) is 0 Å². The van der Waals surface area contributed by atoms with E-state index < -0.39 is 86.2 Å². The standard InChI is InChI=1S/C52H37N5O.Pt/c1-3-15-37(16-4-1)43-22-14-23-44(38-17-5-2-6-18-38)52(43)56-36-55(48-25-9-10-26-49(48)56)40-19-13-20-41(33-40)58-42-27-28-46-45-21-7-8-24-47(45)57(50(46)35-42)51-34-39(29-30-53-51)54-31-11-12-32-54;/h1-10,13-30,34H,11-12,31-32H2;/q-2;/i1D,2D,3D,4D,5D,6D,11D2,12D2,15D,16D,17D,18D,31D2,32D2;. The van der Waals surface area contributed by atoms with E-state index >= 15 is 0 Å². The third-order valence-corrected chi connectivity index (χ3v) is 9.75. The first-order valence-electron chi connectivity index (χ1n) is 27.1. The molecular weight excluding hydrogens is 906 g/mol. The zero-order chi connectivity index (χ0) is 54.3. The molecule has 3 aromatic heterocycles. The minimum atomic E-state index is -3.26. The Morgan fingerprint density at radius 2 is 1.34 bits per heavy atom. The van der Waals surface area contributed by atoms with Gasteiger partial charge in [0.2, 0.25) is 0 Å². The second-order valence-electron chi connectivity index (χ2n) is 13.1. The molecular formula is C52H37N5OPt-2. The van der Waals surface area contributed by atoms with Gasteiger partial charge in [0.25, 0.3) is 6.33 Å². The Morgan fingerprint density at radius 1 is 0.661 bits per heavy atom. The summed E-state index contributed by atoms with van der Waals surface area (Å²) in [4.78, 5) is 5.03. The number of imidazole rings is 1. The molecule has 4 heterocycles. The van der Waals surface area contributed by atoms with Gasteiger partial charge in [0.1, 0.15) is 5.82 Å². The predicted octanol–water partition coefficient (Wildman–Crippen LogP) is 11.5. The van der Waals surface area contributed by atoms with Crippen molar-refractivity contribution in [1.82, 2.24) is 14.1 Å². The monoisotopic (exact) mass is 960 g/mol. The summed E-state index contributed by atoms with van der Waals surface area (Å²) in [6.07, 6.45) is -1.88. The summed E-state index contributed by atoms with van der Waals surface area (Å²) in [5, 5.41) is 1.48. The van der Waals surface area contributed by atoms with Crippen LogP contribution in [0.1, 0.15) is 37.4 Å². The molecule has 1 fully saturated rings. The van der Waals surface area contributed by atoms with Crippen molar-refractivity contribution >= 4 is 38.5 Å². The zero-order valence-corrected chi connectivity index (χ0v) is 32.7. The smallest absolute Gasteiger partial charge is 0.268 e. The molecule has 7 aromatic carbocycles. The summed E-state index contributed by atoms with van der Waals surface area (Å²) in [5.74, 6) is 0.577. The Bertz CT molecular complexity index is 3930. The van der Waals surface area contributed by atoms with Crippen molar-refractivity contribution < 1.29 is 55.0 Å². The van der Waals surface area contributed by atoms with Gasteiger partial charge in [-0.1, -0.05) is 127 Å². The normalized spacial score (nSPS) is 20.4. The number of nitrogens with zero attached hydrogens (tertiary/aromatic N) is 5. The van der Waals surface area contributed by atoms with Gasteiger partial charge in [-0.2, -0.15) is 18.2 Å². The Hall–Kier alpha value is -6.75. The maximum Gasteiger partial charge on any atom is 0.268 e. The third kappa shape index (κ3) is 6.60. The molecule has 0 bridgehead atoms. The third-order valence-electron chi connectivity index (χ3n) is 9.75. The topological polar surface area (TPSA) is 39.1 Å². The number of hydrogen-bond donors (Lipinski definition) is 0. The summed E-state index contributed by atoms with van der Waals surface area (Å²) < 4.78 is 166. The molecule has 0 aliphatic carbocycles. The fraction of sp³-hybridized carbons (Fsp3) is 0.0769. The van der Waals surface area contributed by atoms with Gasteiger partial charge in [-0.05, 0) is 58.2 Å². The number of benzene rings is 7. The van der Waals surface area contributed by atoms with Crippen molar-refractivity contribution in [2.75, 3.05) is 17.9 Å². The first-order valence-corrected chi connectivity index (χ1v) is 18.1. The molecule has 0 N–H and O–H groups in total. The van der Waals surface area contributed by atoms with E-state index in [2.05, 4.69) is 23.4 Å². The average Bonchev–Trinajstić information content (AvgIpc) is 4.18. The van der Waals surface area contributed by atoms with E-state index in [0.717, 1.165) is 5.39 Å². The van der Waals surface area contributed by atoms with Gasteiger partial charge in [0, 0.05) is 80.0 Å². The number of pyridine rings is 1. The molecule has 10 aromatic rings. The maximum absolute atomic E-state index is 8.99. The van der Waals surface area contributed by atoms with Crippen molar-refractivity contribution in [2.45, 2.75) is 12.7 Å². The van der Waals surface area contributed by atoms with E-state index in [1.807, 2.05) is 24.3 Å². The Kier molecular flexibility index (Phi) is 5.76. The van der Waals surface area contributed by atoms with Crippen LogP contribution in [0.2, 0.25) is 0 Å². The quantitative estimate of drug-likeness (QED) is 0.113. The van der Waals surface area contributed by atoms with Crippen molar-refractivity contribution in [3.63, 3.8) is 0 Å². The molecule has 288 valence electrons. The molecule has 0 radical (unpaired) electrons. The van der Waals surface area contributed by atoms with Crippen molar-refractivity contribution in [3.8, 4) is 50.9 Å². The second-order valence-corrected chi connectivity index (χ2v) is 13.1. The molecule has 7 heteroatoms. The predicted molar refractivity (Wildman–Crippen MR) is 232 cm³/mol. The van der Waals surface area contributed by atoms with Gasteiger partial charge in [-0.15, -0.1) is 29.7 Å². The molecule has 0 spiro atoms. The number of para-hydroxylation sites is 4. The summed E-state index contributed by atoms with van der Waals surface area (Å²) in [6.45, 7) is -6.25. The zero-order valence-electron chi connectivity index (χ0n) is 48.4. The Labute approximate surface area is 382 Å². The molecule has 0 unspecified atom stereocenters. The number of anilines is 1. The molecule has 0 atom stereocenters. The average molecular weight is 961 g/mol. The van der Waals surface area contributed by atoms with Crippen LogP contribution in [0.3, 0.4) is 0 Å². The molecule has 59 heavy (non-hydrogen) atoms. The van der Waals surface area contributed by atoms with Gasteiger partial charge in [-0.3, -0.25) is 4.57 Å². The van der Waals surface area contributed by atoms with Gasteiger partial charge in [-0.25, -0.2) is 4.98 Å². The number of ether oxygens (including phenoxy) is 1. The van der Waals surface area contributed by atoms with Crippen LogP contribution in [0.25, 0.3) is 72.3 Å². The SMILES string of the molecule is [2H]c1c([2H])c([2H])c(-c2cccc(-c3c([2H])c([2H])c([2H])c([2H])c3[2H])c2-[n+]2[c-]n(-c3[c-]c(Oc4[c-]c5c(cc4)c4ccccc4n5-c4cc(N5C([2H])([2H])C([2H])([2H])C([2H])([2H])C5([2H])[2H])ccn4)ccc3)c3ccccc32)c([2H])c1[2H].[Pt]. The maximum atomic E-state index is 8.99. The van der Waals surface area contributed by atoms with E-state index in [9.17, 15) is 0 Å². The molecule has 6 nitrogen and oxygen atoms in total. The number of hydrogen-bond acceptors (Lipinski definition) is 3. The first-order chi connectivity index (χ1) is 35.9. The summed E-state index contributed by atoms with van der Waals surface area (Å²) in [6, 6.07) is 31.1. The van der Waals surface area contributed by atoms with Crippen molar-refractivity contribution in [1.29, 1.82) is 0 Å². The molecule has 1 aliphatic rings. The summed E-state index contributed by atoms with van der Waals surface area (Å²) in [5.41, 5.74) is 2.14. The van der Waals surface area contributed by atoms with Crippen LogP contribution in [0, 0.1) is 18.5 Å². The van der Waals surface area contributed by atoms with E-state index in [4.69, 9.17) is 29.4 Å². The largest absolute Gasteiger partial charge is 0.510 e. The minimum absolute atomic E-state index is 0. The van der Waals surface area contributed by atoms with Crippen LogP contribution in [-0.2, 0) is 21.1 Å². The number of aromatic nitrogens is 4. The second kappa shape index (κ2) is 15.5. The summed E-state index contributed by atoms with van der Waals surface area (Å²) in [7, 11) is 0. The molecule has 0 saturated carbocycles. The number of rotatable bonds is 8. The van der Waals surface area contributed by atoms with Crippen LogP contribution in [0.4, 0.5) is 5.69 Å². The van der Waals surface area contributed by atoms with Crippen LogP contribution >= 0.6 is 0 Å². The van der Waals surface area contributed by atoms with Crippen LogP contribution in [0.5, 0.6) is 11.5 Å². The fourth-order valence-electron chi connectivity index (χ4n) is 7.27. The van der Waals surface area contributed by atoms with E-state index in [0.29, 0.717) is 38.0 Å². The van der Waals surface area contributed by atoms with Gasteiger partial charge in [0.15, 0.2) is 0 Å². The van der Waals surface area contributed by atoms with E-state index in [1.165, 1.54) is 36.5 Å². The molecule has 1 saturated heterocycles. The molecule has 1 aliphatic heterocycles. The van der Waals surface area contributed by atoms with Gasteiger partial charge in [0.05, 0.1) is 30.4 Å². The van der Waals surface area contributed by atoms with Gasteiger partial charge < -0.3 is 18.8 Å². The van der Waals surface area contributed by atoms with Crippen LogP contribution in [-0.4, -0.2) is 27.1 Å². The van der Waals surface area contributed by atoms with E-state index in [-0.39, 0.29) is 72.0 Å². The molecule has 11 rings (SSSR count). The Balaban J connectivity index is 0.00000672. The van der Waals surface area contributed by atoms with Crippen LogP contribution in [0.15, 0.2) is 176 Å². The minimum Gasteiger partial charge on any atom is -0.510 e. The van der Waals surface area contributed by atoms with E-state index in [1.54, 1.807) is 68.3 Å². The van der Waals surface area contributed by atoms with Crippen molar-refractivity contribution in [3.05, 3.63) is 194 Å². The van der Waals surface area contributed by atoms with Gasteiger partial charge >= 0.3 is 0 Å². The number of fused-ring (bicyclic) bond motifs is 4. The summed E-state index contributed by atoms with van der Waals surface area (Å²) >= 11 is 0. The first kappa shape index (κ1) is 21.8. The van der Waals surface area contributed by atoms with Crippen LogP contribution < -0.4 is 14.2 Å². The molecule has 0 amide bonds.